The summed E-state index contributed by atoms with van der Waals surface area (Å²) in [6.07, 6.45) is 2.46. The zero-order valence-corrected chi connectivity index (χ0v) is 15.2. The van der Waals surface area contributed by atoms with Gasteiger partial charge in [-0.3, -0.25) is 0 Å². The summed E-state index contributed by atoms with van der Waals surface area (Å²) >= 11 is 0. The first-order valence-electron chi connectivity index (χ1n) is 8.78. The molecule has 0 aliphatic carbocycles. The maximum absolute atomic E-state index is 5.87. The lowest BCUT2D eigenvalue weighted by Crippen LogP contribution is -2.16. The molecule has 2 heterocycles. The van der Waals surface area contributed by atoms with Crippen LogP contribution >= 0.6 is 0 Å². The molecule has 1 fully saturated rings. The Morgan fingerprint density at radius 1 is 1.36 bits per heavy atom. The van der Waals surface area contributed by atoms with Crippen LogP contribution in [0, 0.1) is 6.92 Å². The molecule has 2 aromatic rings. The Hall–Kier alpha value is -2.05. The zero-order chi connectivity index (χ0) is 17.6. The predicted molar refractivity (Wildman–Crippen MR) is 96.0 cm³/mol. The SMILES string of the molecule is COc1c(CNCc2cccc(OCC3CCCO3)c2)c(C)nn1C. The van der Waals surface area contributed by atoms with Crippen LogP contribution in [0.4, 0.5) is 0 Å². The van der Waals surface area contributed by atoms with Crippen molar-refractivity contribution in [2.24, 2.45) is 7.05 Å². The number of nitrogens with one attached hydrogen (secondary N) is 1. The molecule has 0 spiro atoms. The number of nitrogens with zero attached hydrogens (tertiary/aromatic N) is 2. The van der Waals surface area contributed by atoms with Crippen LogP contribution in [0.1, 0.15) is 29.7 Å². The van der Waals surface area contributed by atoms with Gasteiger partial charge >= 0.3 is 0 Å². The summed E-state index contributed by atoms with van der Waals surface area (Å²) in [7, 11) is 3.57. The van der Waals surface area contributed by atoms with E-state index in [9.17, 15) is 0 Å². The van der Waals surface area contributed by atoms with Gasteiger partial charge in [-0.1, -0.05) is 12.1 Å². The monoisotopic (exact) mass is 345 g/mol. The molecule has 0 saturated carbocycles. The number of hydrogen-bond acceptors (Lipinski definition) is 5. The van der Waals surface area contributed by atoms with Gasteiger partial charge in [0.25, 0.3) is 0 Å². The Kier molecular flexibility index (Phi) is 5.94. The fraction of sp³-hybridized carbons (Fsp3) is 0.526. The fourth-order valence-corrected chi connectivity index (χ4v) is 3.18. The van der Waals surface area contributed by atoms with Crippen molar-refractivity contribution in [1.82, 2.24) is 15.1 Å². The van der Waals surface area contributed by atoms with E-state index in [-0.39, 0.29) is 6.10 Å². The van der Waals surface area contributed by atoms with E-state index in [0.29, 0.717) is 13.2 Å². The van der Waals surface area contributed by atoms with Gasteiger partial charge in [0.1, 0.15) is 12.4 Å². The van der Waals surface area contributed by atoms with E-state index in [1.54, 1.807) is 11.8 Å². The van der Waals surface area contributed by atoms with Crippen LogP contribution < -0.4 is 14.8 Å². The highest BCUT2D eigenvalue weighted by Crippen LogP contribution is 2.21. The third-order valence-corrected chi connectivity index (χ3v) is 4.47. The minimum Gasteiger partial charge on any atom is -0.491 e. The number of methoxy groups -OCH3 is 1. The number of benzene rings is 1. The van der Waals surface area contributed by atoms with Crippen molar-refractivity contribution in [1.29, 1.82) is 0 Å². The van der Waals surface area contributed by atoms with Gasteiger partial charge in [-0.2, -0.15) is 5.10 Å². The summed E-state index contributed by atoms with van der Waals surface area (Å²) in [5.74, 6) is 1.70. The summed E-state index contributed by atoms with van der Waals surface area (Å²) in [5.41, 5.74) is 3.27. The van der Waals surface area contributed by atoms with Gasteiger partial charge in [0.15, 0.2) is 0 Å². The van der Waals surface area contributed by atoms with E-state index >= 15 is 0 Å². The summed E-state index contributed by atoms with van der Waals surface area (Å²) in [6.45, 7) is 4.95. The van der Waals surface area contributed by atoms with Crippen molar-refractivity contribution in [2.75, 3.05) is 20.3 Å². The summed E-state index contributed by atoms with van der Waals surface area (Å²) < 4.78 is 18.7. The molecule has 1 aliphatic heterocycles. The molecule has 6 nitrogen and oxygen atoms in total. The maximum Gasteiger partial charge on any atom is 0.216 e. The van der Waals surface area contributed by atoms with Crippen molar-refractivity contribution in [3.63, 3.8) is 0 Å². The molecule has 1 unspecified atom stereocenters. The van der Waals surface area contributed by atoms with E-state index in [1.807, 2.05) is 26.1 Å². The lowest BCUT2D eigenvalue weighted by molar-refractivity contribution is 0.0679. The highest BCUT2D eigenvalue weighted by molar-refractivity contribution is 5.31. The lowest BCUT2D eigenvalue weighted by Gasteiger charge is -2.12. The molecule has 1 atom stereocenters. The van der Waals surface area contributed by atoms with Crippen LogP contribution in [0.3, 0.4) is 0 Å². The molecule has 1 saturated heterocycles. The number of hydrogen-bond donors (Lipinski definition) is 1. The standard InChI is InChI=1S/C19H27N3O3/c1-14-18(19(23-3)22(2)21-14)12-20-11-15-6-4-7-16(10-15)25-13-17-8-5-9-24-17/h4,6-7,10,17,20H,5,8-9,11-13H2,1-3H3. The van der Waals surface area contributed by atoms with Crippen molar-refractivity contribution in [3.8, 4) is 11.6 Å². The van der Waals surface area contributed by atoms with Crippen molar-refractivity contribution < 1.29 is 14.2 Å². The van der Waals surface area contributed by atoms with Crippen molar-refractivity contribution in [2.45, 2.75) is 39.0 Å². The average Bonchev–Trinajstić information content (AvgIpc) is 3.21. The highest BCUT2D eigenvalue weighted by atomic mass is 16.5. The highest BCUT2D eigenvalue weighted by Gasteiger charge is 2.16. The molecular formula is C19H27N3O3. The minimum absolute atomic E-state index is 0.239. The van der Waals surface area contributed by atoms with Gasteiger partial charge in [0, 0.05) is 26.7 Å². The topological polar surface area (TPSA) is 57.5 Å². The van der Waals surface area contributed by atoms with Gasteiger partial charge in [0.05, 0.1) is 24.5 Å². The van der Waals surface area contributed by atoms with Crippen LogP contribution in [0.15, 0.2) is 24.3 Å². The van der Waals surface area contributed by atoms with E-state index in [2.05, 4.69) is 22.5 Å². The lowest BCUT2D eigenvalue weighted by atomic mass is 10.2. The molecule has 1 N–H and O–H groups in total. The van der Waals surface area contributed by atoms with E-state index in [1.165, 1.54) is 5.56 Å². The van der Waals surface area contributed by atoms with Gasteiger partial charge in [0.2, 0.25) is 5.88 Å². The second-order valence-corrected chi connectivity index (χ2v) is 6.39. The first-order valence-corrected chi connectivity index (χ1v) is 8.78. The predicted octanol–water partition coefficient (Wildman–Crippen LogP) is 2.58. The maximum atomic E-state index is 5.87. The van der Waals surface area contributed by atoms with Gasteiger partial charge in [-0.25, -0.2) is 4.68 Å². The molecule has 1 aromatic carbocycles. The van der Waals surface area contributed by atoms with Gasteiger partial charge < -0.3 is 19.5 Å². The average molecular weight is 345 g/mol. The summed E-state index contributed by atoms with van der Waals surface area (Å²) in [4.78, 5) is 0. The Morgan fingerprint density at radius 2 is 2.24 bits per heavy atom. The molecule has 25 heavy (non-hydrogen) atoms. The molecular weight excluding hydrogens is 318 g/mol. The Balaban J connectivity index is 1.52. The Bertz CT molecular complexity index is 693. The Morgan fingerprint density at radius 3 is 3.00 bits per heavy atom. The first-order chi connectivity index (χ1) is 12.2. The van der Waals surface area contributed by atoms with E-state index in [0.717, 1.165) is 48.9 Å². The fourth-order valence-electron chi connectivity index (χ4n) is 3.18. The number of aromatic nitrogens is 2. The van der Waals surface area contributed by atoms with Crippen LogP contribution in [0.2, 0.25) is 0 Å². The molecule has 0 amide bonds. The largest absolute Gasteiger partial charge is 0.491 e. The third kappa shape index (κ3) is 4.52. The second-order valence-electron chi connectivity index (χ2n) is 6.39. The molecule has 136 valence electrons. The molecule has 1 aliphatic rings. The molecule has 3 rings (SSSR count). The molecule has 6 heteroatoms. The van der Waals surface area contributed by atoms with Gasteiger partial charge in [-0.05, 0) is 37.5 Å². The third-order valence-electron chi connectivity index (χ3n) is 4.47. The number of rotatable bonds is 8. The van der Waals surface area contributed by atoms with Crippen LogP contribution in [0.5, 0.6) is 11.6 Å². The number of aryl methyl sites for hydroxylation is 2. The summed E-state index contributed by atoms with van der Waals surface area (Å²) in [6, 6.07) is 8.19. The smallest absolute Gasteiger partial charge is 0.216 e. The van der Waals surface area contributed by atoms with Crippen molar-refractivity contribution >= 4 is 0 Å². The van der Waals surface area contributed by atoms with Crippen LogP contribution in [0.25, 0.3) is 0 Å². The van der Waals surface area contributed by atoms with Crippen molar-refractivity contribution in [3.05, 3.63) is 41.1 Å². The van der Waals surface area contributed by atoms with Gasteiger partial charge in [-0.15, -0.1) is 0 Å². The number of ether oxygens (including phenoxy) is 3. The summed E-state index contributed by atoms with van der Waals surface area (Å²) in [5, 5.41) is 7.86. The molecule has 0 bridgehead atoms. The Labute approximate surface area is 149 Å². The van der Waals surface area contributed by atoms with E-state index < -0.39 is 0 Å². The second kappa shape index (κ2) is 8.36. The van der Waals surface area contributed by atoms with E-state index in [4.69, 9.17) is 14.2 Å². The van der Waals surface area contributed by atoms with Crippen LogP contribution in [-0.4, -0.2) is 36.2 Å². The molecule has 0 radical (unpaired) electrons. The first kappa shape index (κ1) is 17.8. The normalized spacial score (nSPS) is 17.0. The van der Waals surface area contributed by atoms with Crippen LogP contribution in [-0.2, 0) is 24.9 Å². The minimum atomic E-state index is 0.239. The zero-order valence-electron chi connectivity index (χ0n) is 15.2. The quantitative estimate of drug-likeness (QED) is 0.797. The molecule has 1 aromatic heterocycles.